The molecule has 1 aromatic carbocycles. The molecule has 0 atom stereocenters. The Bertz CT molecular complexity index is 460. The average Bonchev–Trinajstić information content (AvgIpc) is 2.40. The molecule has 0 bridgehead atoms. The van der Waals surface area contributed by atoms with Crippen molar-refractivity contribution in [2.75, 3.05) is 13.2 Å². The molecule has 1 rings (SSSR count). The van der Waals surface area contributed by atoms with Gasteiger partial charge in [-0.15, -0.1) is 0 Å². The van der Waals surface area contributed by atoms with E-state index in [1.54, 1.807) is 13.8 Å². The van der Waals surface area contributed by atoms with E-state index in [1.165, 1.54) is 6.55 Å². The number of rotatable bonds is 6. The van der Waals surface area contributed by atoms with Crippen molar-refractivity contribution in [1.29, 1.82) is 0 Å². The molecule has 0 heterocycles. The van der Waals surface area contributed by atoms with Gasteiger partial charge in [-0.3, -0.25) is 0 Å². The predicted octanol–water partition coefficient (Wildman–Crippen LogP) is 3.61. The number of benzene rings is 1. The Kier molecular flexibility index (Phi) is 5.66. The lowest BCUT2D eigenvalue weighted by Crippen LogP contribution is -2.42. The fraction of sp³-hybridized carbons (Fsp3) is 0.500. The van der Waals surface area contributed by atoms with Crippen LogP contribution in [0.5, 0.6) is 0 Å². The van der Waals surface area contributed by atoms with Crippen LogP contribution in [0.2, 0.25) is 6.55 Å². The van der Waals surface area contributed by atoms with Crippen LogP contribution < -0.4 is 0 Å². The van der Waals surface area contributed by atoms with Crippen LogP contribution in [0, 0.1) is 29.1 Å². The zero-order valence-corrected chi connectivity index (χ0v) is 12.3. The van der Waals surface area contributed by atoms with Gasteiger partial charge in [-0.2, -0.15) is 0 Å². The molecule has 0 spiro atoms. The Hall–Kier alpha value is -0.993. The van der Waals surface area contributed by atoms with Gasteiger partial charge in [0, 0.05) is 24.8 Å². The summed E-state index contributed by atoms with van der Waals surface area (Å²) in [4.78, 5) is 0. The highest BCUT2D eigenvalue weighted by atomic mass is 28.4. The molecule has 2 nitrogen and oxygen atoms in total. The molecule has 0 N–H and O–H groups in total. The summed E-state index contributed by atoms with van der Waals surface area (Å²) < 4.78 is 77.1. The van der Waals surface area contributed by atoms with Crippen LogP contribution in [0.15, 0.2) is 0 Å². The number of hydrogen-bond acceptors (Lipinski definition) is 2. The van der Waals surface area contributed by atoms with Gasteiger partial charge in [-0.1, -0.05) is 0 Å². The van der Waals surface area contributed by atoms with Crippen molar-refractivity contribution in [2.45, 2.75) is 26.4 Å². The van der Waals surface area contributed by atoms with Crippen molar-refractivity contribution in [3.05, 3.63) is 34.6 Å². The zero-order chi connectivity index (χ0) is 15.5. The molecule has 114 valence electrons. The molecule has 0 amide bonds. The minimum Gasteiger partial charge on any atom is -0.394 e. The van der Waals surface area contributed by atoms with E-state index in [0.29, 0.717) is 0 Å². The van der Waals surface area contributed by atoms with Gasteiger partial charge in [0.2, 0.25) is 5.82 Å². The summed E-state index contributed by atoms with van der Waals surface area (Å²) in [6, 6.07) is -0.458. The van der Waals surface area contributed by atoms with Gasteiger partial charge >= 0.3 is 8.56 Å². The standard InChI is InChI=1S/C12H15F5O2Si/c1-4-18-20(3,19-5-2)6-7-8(13)10(15)12(17)11(16)9(7)14/h4-6H2,1-3H3. The molecule has 8 heteroatoms. The number of hydrogen-bond donors (Lipinski definition) is 0. The van der Waals surface area contributed by atoms with Gasteiger partial charge in [0.15, 0.2) is 23.3 Å². The molecule has 0 unspecified atom stereocenters. The van der Waals surface area contributed by atoms with Gasteiger partial charge in [0.1, 0.15) is 0 Å². The third-order valence-corrected chi connectivity index (χ3v) is 5.49. The maximum Gasteiger partial charge on any atom is 0.339 e. The van der Waals surface area contributed by atoms with E-state index >= 15 is 0 Å². The smallest absolute Gasteiger partial charge is 0.339 e. The van der Waals surface area contributed by atoms with Gasteiger partial charge in [0.05, 0.1) is 0 Å². The Morgan fingerprint density at radius 1 is 0.750 bits per heavy atom. The monoisotopic (exact) mass is 314 g/mol. The van der Waals surface area contributed by atoms with Gasteiger partial charge in [-0.25, -0.2) is 22.0 Å². The lowest BCUT2D eigenvalue weighted by Gasteiger charge is -2.26. The average molecular weight is 314 g/mol. The second-order valence-corrected chi connectivity index (χ2v) is 7.42. The molecular weight excluding hydrogens is 299 g/mol. The Labute approximate surface area is 114 Å². The Balaban J connectivity index is 3.26. The summed E-state index contributed by atoms with van der Waals surface area (Å²) in [5, 5.41) is 0. The lowest BCUT2D eigenvalue weighted by atomic mass is 10.2. The number of halogens is 5. The molecule has 0 aliphatic carbocycles. The second-order valence-electron chi connectivity index (χ2n) is 4.23. The molecule has 0 saturated heterocycles. The first-order valence-electron chi connectivity index (χ1n) is 6.05. The molecule has 0 aliphatic heterocycles. The quantitative estimate of drug-likeness (QED) is 0.346. The summed E-state index contributed by atoms with van der Waals surface area (Å²) in [7, 11) is -3.05. The van der Waals surface area contributed by atoms with Crippen molar-refractivity contribution in [3.8, 4) is 0 Å². The summed E-state index contributed by atoms with van der Waals surface area (Å²) >= 11 is 0. The van der Waals surface area contributed by atoms with Gasteiger partial charge < -0.3 is 8.85 Å². The predicted molar refractivity (Wildman–Crippen MR) is 64.8 cm³/mol. The Morgan fingerprint density at radius 2 is 1.10 bits per heavy atom. The highest BCUT2D eigenvalue weighted by Gasteiger charge is 2.36. The zero-order valence-electron chi connectivity index (χ0n) is 11.3. The van der Waals surface area contributed by atoms with Crippen molar-refractivity contribution in [3.63, 3.8) is 0 Å². The van der Waals surface area contributed by atoms with Crippen LogP contribution in [-0.2, 0) is 14.9 Å². The fourth-order valence-electron chi connectivity index (χ4n) is 1.88. The first-order chi connectivity index (χ1) is 9.27. The lowest BCUT2D eigenvalue weighted by molar-refractivity contribution is 0.187. The van der Waals surface area contributed by atoms with E-state index in [1.807, 2.05) is 0 Å². The fourth-order valence-corrected chi connectivity index (χ4v) is 4.34. The van der Waals surface area contributed by atoms with Crippen LogP contribution in [0.25, 0.3) is 0 Å². The molecule has 20 heavy (non-hydrogen) atoms. The summed E-state index contributed by atoms with van der Waals surface area (Å²) in [5.74, 6) is -9.74. The van der Waals surface area contributed by atoms with Crippen molar-refractivity contribution in [2.24, 2.45) is 0 Å². The molecule has 0 aromatic heterocycles. The largest absolute Gasteiger partial charge is 0.394 e. The highest BCUT2D eigenvalue weighted by molar-refractivity contribution is 6.65. The van der Waals surface area contributed by atoms with E-state index in [2.05, 4.69) is 0 Å². The molecule has 0 radical (unpaired) electrons. The molecule has 0 saturated carbocycles. The SMILES string of the molecule is CCO[Si](C)(Cc1c(F)c(F)c(F)c(F)c1F)OCC. The van der Waals surface area contributed by atoms with Crippen LogP contribution >= 0.6 is 0 Å². The van der Waals surface area contributed by atoms with Crippen LogP contribution in [0.4, 0.5) is 22.0 Å². The van der Waals surface area contributed by atoms with Gasteiger partial charge in [0.25, 0.3) is 0 Å². The third-order valence-electron chi connectivity index (χ3n) is 2.70. The Morgan fingerprint density at radius 3 is 1.45 bits per heavy atom. The van der Waals surface area contributed by atoms with Crippen LogP contribution in [0.1, 0.15) is 19.4 Å². The van der Waals surface area contributed by atoms with E-state index in [4.69, 9.17) is 8.85 Å². The maximum absolute atomic E-state index is 13.6. The molecule has 0 fully saturated rings. The van der Waals surface area contributed by atoms with Crippen molar-refractivity contribution < 1.29 is 30.8 Å². The van der Waals surface area contributed by atoms with E-state index in [9.17, 15) is 22.0 Å². The molecule has 1 aromatic rings. The second kappa shape index (κ2) is 6.64. The summed E-state index contributed by atoms with van der Waals surface area (Å²) in [6.07, 6.45) is 0. The van der Waals surface area contributed by atoms with E-state index < -0.39 is 49.3 Å². The highest BCUT2D eigenvalue weighted by Crippen LogP contribution is 2.26. The molecule has 0 aliphatic rings. The van der Waals surface area contributed by atoms with E-state index in [0.717, 1.165) is 0 Å². The first-order valence-corrected chi connectivity index (χ1v) is 8.58. The topological polar surface area (TPSA) is 18.5 Å². The minimum absolute atomic E-state index is 0.220. The van der Waals surface area contributed by atoms with Crippen LogP contribution in [0.3, 0.4) is 0 Å². The van der Waals surface area contributed by atoms with E-state index in [-0.39, 0.29) is 13.2 Å². The normalized spacial score (nSPS) is 12.0. The molecular formula is C12H15F5O2Si. The van der Waals surface area contributed by atoms with Crippen LogP contribution in [-0.4, -0.2) is 21.8 Å². The minimum atomic E-state index is -3.05. The first kappa shape index (κ1) is 17.1. The van der Waals surface area contributed by atoms with Crippen molar-refractivity contribution in [1.82, 2.24) is 0 Å². The van der Waals surface area contributed by atoms with Crippen molar-refractivity contribution >= 4 is 8.56 Å². The maximum atomic E-state index is 13.6. The summed E-state index contributed by atoms with van der Waals surface area (Å²) in [5.41, 5.74) is -0.891. The third kappa shape index (κ3) is 3.36. The summed E-state index contributed by atoms with van der Waals surface area (Å²) in [6.45, 7) is 5.26. The van der Waals surface area contributed by atoms with Gasteiger partial charge in [-0.05, 0) is 20.4 Å².